The summed E-state index contributed by atoms with van der Waals surface area (Å²) in [6.07, 6.45) is 7.25. The summed E-state index contributed by atoms with van der Waals surface area (Å²) in [5.41, 5.74) is 4.17. The van der Waals surface area contributed by atoms with Gasteiger partial charge >= 0.3 is 0 Å². The molecule has 1 saturated carbocycles. The molecule has 1 aliphatic carbocycles. The highest BCUT2D eigenvalue weighted by Crippen LogP contribution is 2.47. The molecule has 0 aromatic heterocycles. The van der Waals surface area contributed by atoms with Crippen molar-refractivity contribution in [3.63, 3.8) is 0 Å². The van der Waals surface area contributed by atoms with Crippen molar-refractivity contribution in [3.05, 3.63) is 114 Å². The normalized spacial score (nSPS) is 19.4. The van der Waals surface area contributed by atoms with E-state index >= 15 is 0 Å². The number of rotatable bonds is 6. The molecule has 0 spiro atoms. The lowest BCUT2D eigenvalue weighted by atomic mass is 9.86. The summed E-state index contributed by atoms with van der Waals surface area (Å²) in [6, 6.07) is 32.5. The van der Waals surface area contributed by atoms with Gasteiger partial charge in [-0.05, 0) is 41.4 Å². The topological polar surface area (TPSA) is 0 Å². The van der Waals surface area contributed by atoms with Crippen molar-refractivity contribution in [2.24, 2.45) is 11.8 Å². The first-order valence-corrected chi connectivity index (χ1v) is 9.23. The van der Waals surface area contributed by atoms with E-state index in [9.17, 15) is 0 Å². The lowest BCUT2D eigenvalue weighted by Gasteiger charge is -2.18. The van der Waals surface area contributed by atoms with E-state index in [0.717, 1.165) is 11.8 Å². The molecule has 0 heterocycles. The van der Waals surface area contributed by atoms with Crippen LogP contribution in [-0.4, -0.2) is 0 Å². The molecule has 3 aromatic carbocycles. The van der Waals surface area contributed by atoms with Crippen LogP contribution in [0.25, 0.3) is 6.08 Å². The molecule has 0 nitrogen and oxygen atoms in total. The van der Waals surface area contributed by atoms with E-state index in [-0.39, 0.29) is 0 Å². The summed E-state index contributed by atoms with van der Waals surface area (Å²) in [6.45, 7) is 0. The molecule has 0 saturated heterocycles. The predicted molar refractivity (Wildman–Crippen MR) is 106 cm³/mol. The minimum Gasteiger partial charge on any atom is -0.0805 e. The summed E-state index contributed by atoms with van der Waals surface area (Å²) in [4.78, 5) is 0. The van der Waals surface area contributed by atoms with E-state index in [0.29, 0.717) is 5.92 Å². The lowest BCUT2D eigenvalue weighted by molar-refractivity contribution is 0.627. The van der Waals surface area contributed by atoms with Gasteiger partial charge in [0, 0.05) is 5.92 Å². The van der Waals surface area contributed by atoms with Gasteiger partial charge in [0.15, 0.2) is 0 Å². The lowest BCUT2D eigenvalue weighted by Crippen LogP contribution is -2.02. The molecule has 0 bridgehead atoms. The van der Waals surface area contributed by atoms with Crippen molar-refractivity contribution >= 4 is 6.08 Å². The smallest absolute Gasteiger partial charge is 0.00921 e. The van der Waals surface area contributed by atoms with Crippen molar-refractivity contribution in [2.75, 3.05) is 0 Å². The van der Waals surface area contributed by atoms with Crippen LogP contribution in [0.1, 0.15) is 35.4 Å². The van der Waals surface area contributed by atoms with Gasteiger partial charge in [-0.3, -0.25) is 0 Å². The van der Waals surface area contributed by atoms with Gasteiger partial charge in [0.2, 0.25) is 0 Å². The molecule has 2 unspecified atom stereocenters. The van der Waals surface area contributed by atoms with Crippen molar-refractivity contribution in [3.8, 4) is 0 Å². The maximum Gasteiger partial charge on any atom is 0.00921 e. The Balaban J connectivity index is 1.46. The van der Waals surface area contributed by atoms with Crippen LogP contribution in [0, 0.1) is 11.8 Å². The summed E-state index contributed by atoms with van der Waals surface area (Å²) >= 11 is 0. The Morgan fingerprint density at radius 3 is 1.80 bits per heavy atom. The summed E-state index contributed by atoms with van der Waals surface area (Å²) < 4.78 is 0. The number of hydrogen-bond acceptors (Lipinski definition) is 0. The van der Waals surface area contributed by atoms with Gasteiger partial charge < -0.3 is 0 Å². The average Bonchev–Trinajstić information content (AvgIpc) is 3.45. The van der Waals surface area contributed by atoms with Gasteiger partial charge in [0.05, 0.1) is 0 Å². The number of hydrogen-bond donors (Lipinski definition) is 0. The Hall–Kier alpha value is -2.60. The van der Waals surface area contributed by atoms with E-state index in [1.807, 2.05) is 0 Å². The Bertz CT molecular complexity index is 763. The summed E-state index contributed by atoms with van der Waals surface area (Å²) in [7, 11) is 0. The molecule has 0 aliphatic heterocycles. The van der Waals surface area contributed by atoms with Crippen LogP contribution in [0.4, 0.5) is 0 Å². The van der Waals surface area contributed by atoms with Gasteiger partial charge in [-0.1, -0.05) is 103 Å². The van der Waals surface area contributed by atoms with Crippen LogP contribution < -0.4 is 0 Å². The van der Waals surface area contributed by atoms with Crippen LogP contribution in [0.2, 0.25) is 0 Å². The molecular formula is C25H24. The highest BCUT2D eigenvalue weighted by atomic mass is 14.4. The van der Waals surface area contributed by atoms with Crippen LogP contribution in [0.5, 0.6) is 0 Å². The zero-order valence-corrected chi connectivity index (χ0v) is 14.5. The van der Waals surface area contributed by atoms with Gasteiger partial charge in [-0.25, -0.2) is 0 Å². The van der Waals surface area contributed by atoms with Crippen LogP contribution in [0.3, 0.4) is 0 Å². The van der Waals surface area contributed by atoms with Crippen molar-refractivity contribution in [1.29, 1.82) is 0 Å². The number of benzene rings is 3. The average molecular weight is 324 g/mol. The first kappa shape index (κ1) is 15.9. The van der Waals surface area contributed by atoms with Gasteiger partial charge in [-0.15, -0.1) is 0 Å². The summed E-state index contributed by atoms with van der Waals surface area (Å²) in [5, 5.41) is 0. The first-order chi connectivity index (χ1) is 12.4. The van der Waals surface area contributed by atoms with Crippen molar-refractivity contribution < 1.29 is 0 Å². The molecule has 3 aromatic rings. The monoisotopic (exact) mass is 324 g/mol. The molecule has 0 amide bonds. The molecule has 4 rings (SSSR count). The van der Waals surface area contributed by atoms with E-state index in [2.05, 4.69) is 103 Å². The first-order valence-electron chi connectivity index (χ1n) is 9.23. The fraction of sp³-hybridized carbons (Fsp3) is 0.200. The maximum atomic E-state index is 2.41. The predicted octanol–water partition coefficient (Wildman–Crippen LogP) is 6.56. The van der Waals surface area contributed by atoms with Crippen LogP contribution in [0.15, 0.2) is 97.1 Å². The van der Waals surface area contributed by atoms with Gasteiger partial charge in [-0.2, -0.15) is 0 Å². The Kier molecular flexibility index (Phi) is 4.79. The second-order valence-electron chi connectivity index (χ2n) is 7.04. The largest absolute Gasteiger partial charge is 0.0805 e. The SMILES string of the molecule is C(=C\C1CC1CC(c1ccccc1)c1ccccc1)/c1ccccc1. The minimum absolute atomic E-state index is 0.502. The van der Waals surface area contributed by atoms with Crippen LogP contribution >= 0.6 is 0 Å². The van der Waals surface area contributed by atoms with Gasteiger partial charge in [0.1, 0.15) is 0 Å². The number of allylic oxidation sites excluding steroid dienone is 1. The Labute approximate surface area is 150 Å². The van der Waals surface area contributed by atoms with E-state index in [4.69, 9.17) is 0 Å². The molecule has 1 fully saturated rings. The maximum absolute atomic E-state index is 2.41. The Morgan fingerprint density at radius 1 is 0.720 bits per heavy atom. The summed E-state index contributed by atoms with van der Waals surface area (Å²) in [5.74, 6) is 2.03. The third-order valence-corrected chi connectivity index (χ3v) is 5.26. The molecule has 1 aliphatic rings. The minimum atomic E-state index is 0.502. The third kappa shape index (κ3) is 4.09. The molecule has 25 heavy (non-hydrogen) atoms. The standard InChI is InChI=1S/C25H24/c1-4-10-20(11-5-1)16-17-23-18-24(23)19-25(21-12-6-2-7-13-21)22-14-8-3-9-15-22/h1-17,23-25H,18-19H2/b17-16+. The molecule has 124 valence electrons. The Morgan fingerprint density at radius 2 is 1.24 bits per heavy atom. The van der Waals surface area contributed by atoms with Crippen molar-refractivity contribution in [1.82, 2.24) is 0 Å². The molecule has 0 heteroatoms. The van der Waals surface area contributed by atoms with Crippen LogP contribution in [-0.2, 0) is 0 Å². The molecule has 0 radical (unpaired) electrons. The molecule has 2 atom stereocenters. The fourth-order valence-electron chi connectivity index (χ4n) is 3.71. The van der Waals surface area contributed by atoms with E-state index in [1.54, 1.807) is 0 Å². The van der Waals surface area contributed by atoms with E-state index in [1.165, 1.54) is 29.5 Å². The molecule has 0 N–H and O–H groups in total. The van der Waals surface area contributed by atoms with E-state index < -0.39 is 0 Å². The highest BCUT2D eigenvalue weighted by Gasteiger charge is 2.36. The molecular weight excluding hydrogens is 300 g/mol. The van der Waals surface area contributed by atoms with Crippen molar-refractivity contribution in [2.45, 2.75) is 18.8 Å². The third-order valence-electron chi connectivity index (χ3n) is 5.26. The second-order valence-corrected chi connectivity index (χ2v) is 7.04. The second kappa shape index (κ2) is 7.53. The zero-order chi connectivity index (χ0) is 16.9. The van der Waals surface area contributed by atoms with Gasteiger partial charge in [0.25, 0.3) is 0 Å². The quantitative estimate of drug-likeness (QED) is 0.482. The highest BCUT2D eigenvalue weighted by molar-refractivity contribution is 5.49. The zero-order valence-electron chi connectivity index (χ0n) is 14.5. The fourth-order valence-corrected chi connectivity index (χ4v) is 3.71.